The summed E-state index contributed by atoms with van der Waals surface area (Å²) in [5.74, 6) is 0.296. The van der Waals surface area contributed by atoms with Gasteiger partial charge in [-0.15, -0.1) is 0 Å². The van der Waals surface area contributed by atoms with Gasteiger partial charge in [0.2, 0.25) is 0 Å². The molecule has 3 rings (SSSR count). The van der Waals surface area contributed by atoms with E-state index >= 15 is 0 Å². The van der Waals surface area contributed by atoms with Crippen LogP contribution >= 0.6 is 0 Å². The average Bonchev–Trinajstić information content (AvgIpc) is 2.70. The second-order valence-corrected chi connectivity index (χ2v) is 6.82. The lowest BCUT2D eigenvalue weighted by Crippen LogP contribution is -2.37. The van der Waals surface area contributed by atoms with Gasteiger partial charge in [-0.05, 0) is 68.7 Å². The molecule has 0 aromatic heterocycles. The normalized spacial score (nSPS) is 16.0. The summed E-state index contributed by atoms with van der Waals surface area (Å²) in [4.78, 5) is 14.2. The van der Waals surface area contributed by atoms with Gasteiger partial charge in [-0.2, -0.15) is 0 Å². The molecule has 0 spiro atoms. The third kappa shape index (κ3) is 5.00. The maximum absolute atomic E-state index is 13.0. The van der Waals surface area contributed by atoms with E-state index in [1.54, 1.807) is 12.1 Å². The number of benzene rings is 2. The predicted octanol–water partition coefficient (Wildman–Crippen LogP) is 4.75. The van der Waals surface area contributed by atoms with Crippen molar-refractivity contribution in [2.24, 2.45) is 5.92 Å². The second-order valence-electron chi connectivity index (χ2n) is 6.82. The minimum Gasteiger partial charge on any atom is -0.486 e. The number of carbonyl (C=O) groups excluding carboxylic acids is 1. The zero-order valence-corrected chi connectivity index (χ0v) is 15.9. The van der Waals surface area contributed by atoms with Crippen LogP contribution in [0.5, 0.6) is 5.75 Å². The van der Waals surface area contributed by atoms with Crippen molar-refractivity contribution in [3.63, 3.8) is 0 Å². The van der Waals surface area contributed by atoms with Crippen molar-refractivity contribution >= 4 is 11.7 Å². The topological polar surface area (TPSA) is 38.8 Å². The number of halogens is 1. The van der Waals surface area contributed by atoms with Gasteiger partial charge in [0.05, 0.1) is 12.5 Å². The fourth-order valence-corrected chi connectivity index (χ4v) is 3.39. The van der Waals surface area contributed by atoms with Gasteiger partial charge in [0.25, 0.3) is 0 Å². The Morgan fingerprint density at radius 3 is 2.56 bits per heavy atom. The first-order valence-electron chi connectivity index (χ1n) is 9.50. The zero-order chi connectivity index (χ0) is 19.2. The summed E-state index contributed by atoms with van der Waals surface area (Å²) >= 11 is 0. The minimum atomic E-state index is -0.275. The van der Waals surface area contributed by atoms with Crippen LogP contribution in [-0.4, -0.2) is 25.7 Å². The first kappa shape index (κ1) is 19.2. The monoisotopic (exact) mass is 371 g/mol. The molecule has 1 aliphatic rings. The molecular weight excluding hydrogens is 345 g/mol. The van der Waals surface area contributed by atoms with Crippen molar-refractivity contribution in [2.45, 2.75) is 32.8 Å². The molecule has 0 N–H and O–H groups in total. The standard InChI is InChI=1S/C22H26FNO3/c1-3-26-22(25)17-11-13-24(14-12-17)20-6-4-5-18(15-20)16(2)27-21-9-7-19(23)8-10-21/h4-10,15-17H,3,11-14H2,1-2H3. The van der Waals surface area contributed by atoms with Crippen LogP contribution in [0.25, 0.3) is 0 Å². The molecule has 1 unspecified atom stereocenters. The van der Waals surface area contributed by atoms with E-state index in [0.717, 1.165) is 37.2 Å². The van der Waals surface area contributed by atoms with Gasteiger partial charge in [0.15, 0.2) is 0 Å². The number of esters is 1. The van der Waals surface area contributed by atoms with Crippen molar-refractivity contribution in [1.82, 2.24) is 0 Å². The SMILES string of the molecule is CCOC(=O)C1CCN(c2cccc(C(C)Oc3ccc(F)cc3)c2)CC1. The lowest BCUT2D eigenvalue weighted by Gasteiger charge is -2.33. The van der Waals surface area contributed by atoms with E-state index in [1.165, 1.54) is 12.1 Å². The van der Waals surface area contributed by atoms with E-state index in [4.69, 9.17) is 9.47 Å². The van der Waals surface area contributed by atoms with Crippen LogP contribution in [0.2, 0.25) is 0 Å². The third-order valence-corrected chi connectivity index (χ3v) is 4.95. The Hall–Kier alpha value is -2.56. The Balaban J connectivity index is 1.62. The van der Waals surface area contributed by atoms with E-state index in [-0.39, 0.29) is 23.8 Å². The maximum atomic E-state index is 13.0. The largest absolute Gasteiger partial charge is 0.486 e. The van der Waals surface area contributed by atoms with Crippen LogP contribution in [0, 0.1) is 11.7 Å². The molecule has 2 aromatic rings. The molecule has 0 aliphatic carbocycles. The number of anilines is 1. The number of hydrogen-bond donors (Lipinski definition) is 0. The summed E-state index contributed by atoms with van der Waals surface area (Å²) in [7, 11) is 0. The molecule has 0 amide bonds. The van der Waals surface area contributed by atoms with Crippen LogP contribution in [0.15, 0.2) is 48.5 Å². The van der Waals surface area contributed by atoms with Gasteiger partial charge in [-0.3, -0.25) is 4.79 Å². The molecule has 5 heteroatoms. The third-order valence-electron chi connectivity index (χ3n) is 4.95. The van der Waals surface area contributed by atoms with E-state index < -0.39 is 0 Å². The molecule has 1 aliphatic heterocycles. The molecule has 27 heavy (non-hydrogen) atoms. The maximum Gasteiger partial charge on any atom is 0.309 e. The van der Waals surface area contributed by atoms with Gasteiger partial charge in [-0.1, -0.05) is 12.1 Å². The Morgan fingerprint density at radius 2 is 1.89 bits per heavy atom. The van der Waals surface area contributed by atoms with Crippen molar-refractivity contribution in [2.75, 3.05) is 24.6 Å². The van der Waals surface area contributed by atoms with Gasteiger partial charge in [0, 0.05) is 18.8 Å². The van der Waals surface area contributed by atoms with Crippen molar-refractivity contribution in [3.05, 3.63) is 59.9 Å². The average molecular weight is 371 g/mol. The van der Waals surface area contributed by atoms with Crippen LogP contribution in [-0.2, 0) is 9.53 Å². The number of carbonyl (C=O) groups is 1. The summed E-state index contributed by atoms with van der Waals surface area (Å²) in [6.07, 6.45) is 1.47. The first-order valence-corrected chi connectivity index (χ1v) is 9.50. The Bertz CT molecular complexity index is 754. The summed E-state index contributed by atoms with van der Waals surface area (Å²) < 4.78 is 24.1. The van der Waals surface area contributed by atoms with Gasteiger partial charge in [0.1, 0.15) is 17.7 Å². The number of ether oxygens (including phenoxy) is 2. The molecule has 1 saturated heterocycles. The van der Waals surface area contributed by atoms with Gasteiger partial charge >= 0.3 is 5.97 Å². The second kappa shape index (κ2) is 8.89. The number of hydrogen-bond acceptors (Lipinski definition) is 4. The molecule has 2 aromatic carbocycles. The molecule has 4 nitrogen and oxygen atoms in total. The summed E-state index contributed by atoms with van der Waals surface area (Å²) in [5, 5.41) is 0. The summed E-state index contributed by atoms with van der Waals surface area (Å²) in [6, 6.07) is 14.3. The van der Waals surface area contributed by atoms with E-state index in [0.29, 0.717) is 12.4 Å². The fourth-order valence-electron chi connectivity index (χ4n) is 3.39. The number of nitrogens with zero attached hydrogens (tertiary/aromatic N) is 1. The molecule has 0 saturated carbocycles. The Labute approximate surface area is 159 Å². The number of piperidine rings is 1. The Kier molecular flexibility index (Phi) is 6.32. The highest BCUT2D eigenvalue weighted by Crippen LogP contribution is 2.28. The summed E-state index contributed by atoms with van der Waals surface area (Å²) in [5.41, 5.74) is 2.19. The van der Waals surface area contributed by atoms with Crippen LogP contribution in [0.3, 0.4) is 0 Å². The molecule has 0 bridgehead atoms. The van der Waals surface area contributed by atoms with Crippen molar-refractivity contribution in [1.29, 1.82) is 0 Å². The minimum absolute atomic E-state index is 0.00474. The zero-order valence-electron chi connectivity index (χ0n) is 15.9. The first-order chi connectivity index (χ1) is 13.1. The number of rotatable bonds is 6. The van der Waals surface area contributed by atoms with E-state index in [9.17, 15) is 9.18 Å². The van der Waals surface area contributed by atoms with Crippen LogP contribution < -0.4 is 9.64 Å². The van der Waals surface area contributed by atoms with Crippen molar-refractivity contribution < 1.29 is 18.7 Å². The molecule has 1 fully saturated rings. The highest BCUT2D eigenvalue weighted by Gasteiger charge is 2.26. The molecular formula is C22H26FNO3. The quantitative estimate of drug-likeness (QED) is 0.687. The molecule has 144 valence electrons. The Morgan fingerprint density at radius 1 is 1.19 bits per heavy atom. The molecule has 1 heterocycles. The van der Waals surface area contributed by atoms with Crippen LogP contribution in [0.4, 0.5) is 10.1 Å². The van der Waals surface area contributed by atoms with E-state index in [1.807, 2.05) is 26.0 Å². The smallest absolute Gasteiger partial charge is 0.309 e. The predicted molar refractivity (Wildman–Crippen MR) is 103 cm³/mol. The highest BCUT2D eigenvalue weighted by molar-refractivity contribution is 5.72. The van der Waals surface area contributed by atoms with E-state index in [2.05, 4.69) is 17.0 Å². The lowest BCUT2D eigenvalue weighted by molar-refractivity contribution is -0.148. The fraction of sp³-hybridized carbons (Fsp3) is 0.409. The van der Waals surface area contributed by atoms with Gasteiger partial charge < -0.3 is 14.4 Å². The molecule has 1 atom stereocenters. The van der Waals surface area contributed by atoms with Crippen LogP contribution in [0.1, 0.15) is 38.4 Å². The summed E-state index contributed by atoms with van der Waals surface area (Å²) in [6.45, 7) is 5.93. The van der Waals surface area contributed by atoms with Crippen molar-refractivity contribution in [3.8, 4) is 5.75 Å². The highest BCUT2D eigenvalue weighted by atomic mass is 19.1. The van der Waals surface area contributed by atoms with Gasteiger partial charge in [-0.25, -0.2) is 4.39 Å². The molecule has 0 radical (unpaired) electrons. The lowest BCUT2D eigenvalue weighted by atomic mass is 9.96.